The van der Waals surface area contributed by atoms with E-state index in [9.17, 15) is 13.2 Å². The summed E-state index contributed by atoms with van der Waals surface area (Å²) < 4.78 is 43.1. The quantitative estimate of drug-likeness (QED) is 0.698. The molecule has 1 amide bonds. The minimum absolute atomic E-state index is 0.0191. The van der Waals surface area contributed by atoms with E-state index in [4.69, 9.17) is 14.2 Å². The van der Waals surface area contributed by atoms with Gasteiger partial charge >= 0.3 is 0 Å². The van der Waals surface area contributed by atoms with Gasteiger partial charge < -0.3 is 19.5 Å². The summed E-state index contributed by atoms with van der Waals surface area (Å²) in [5, 5.41) is 2.69. The highest BCUT2D eigenvalue weighted by Crippen LogP contribution is 2.30. The van der Waals surface area contributed by atoms with Crippen LogP contribution in [0.5, 0.6) is 17.2 Å². The second-order valence-electron chi connectivity index (χ2n) is 6.31. The summed E-state index contributed by atoms with van der Waals surface area (Å²) in [7, 11) is 0.751. The number of methoxy groups -OCH3 is 3. The summed E-state index contributed by atoms with van der Waals surface area (Å²) in [4.78, 5) is 12.8. The molecule has 28 heavy (non-hydrogen) atoms. The minimum atomic E-state index is -3.66. The molecule has 0 saturated heterocycles. The lowest BCUT2D eigenvalue weighted by Crippen LogP contribution is -2.25. The van der Waals surface area contributed by atoms with Crippen LogP contribution in [0.1, 0.15) is 23.2 Å². The Morgan fingerprint density at radius 3 is 2.14 bits per heavy atom. The van der Waals surface area contributed by atoms with E-state index in [1.165, 1.54) is 39.5 Å². The van der Waals surface area contributed by atoms with Crippen LogP contribution in [0.4, 0.5) is 5.69 Å². The van der Waals surface area contributed by atoms with Crippen LogP contribution >= 0.6 is 0 Å². The van der Waals surface area contributed by atoms with Gasteiger partial charge in [-0.05, 0) is 43.2 Å². The van der Waals surface area contributed by atoms with Crippen molar-refractivity contribution in [1.82, 2.24) is 4.72 Å². The van der Waals surface area contributed by atoms with Gasteiger partial charge in [-0.2, -0.15) is 0 Å². The van der Waals surface area contributed by atoms with Crippen molar-refractivity contribution in [2.24, 2.45) is 0 Å². The van der Waals surface area contributed by atoms with Crippen molar-refractivity contribution in [3.05, 3.63) is 42.0 Å². The van der Waals surface area contributed by atoms with Gasteiger partial charge in [-0.15, -0.1) is 0 Å². The first kappa shape index (κ1) is 20.0. The van der Waals surface area contributed by atoms with Crippen molar-refractivity contribution in [1.29, 1.82) is 0 Å². The van der Waals surface area contributed by atoms with E-state index >= 15 is 0 Å². The SMILES string of the molecule is COc1cc(OC)cc(C(=O)Nc2cc(S(=O)(=O)NC3CC3)ccc2OC)c1. The number of carbonyl (C=O) groups is 1. The molecule has 0 aliphatic heterocycles. The highest BCUT2D eigenvalue weighted by Gasteiger charge is 2.28. The van der Waals surface area contributed by atoms with E-state index in [1.807, 2.05) is 0 Å². The maximum Gasteiger partial charge on any atom is 0.256 e. The Morgan fingerprint density at radius 2 is 1.61 bits per heavy atom. The number of carbonyl (C=O) groups excluding carboxylic acids is 1. The highest BCUT2D eigenvalue weighted by molar-refractivity contribution is 7.89. The lowest BCUT2D eigenvalue weighted by Gasteiger charge is -2.14. The Hall–Kier alpha value is -2.78. The van der Waals surface area contributed by atoms with E-state index in [-0.39, 0.29) is 16.6 Å². The fourth-order valence-corrected chi connectivity index (χ4v) is 3.90. The number of sulfonamides is 1. The molecule has 0 heterocycles. The Kier molecular flexibility index (Phi) is 5.76. The zero-order valence-corrected chi connectivity index (χ0v) is 16.6. The predicted molar refractivity (Wildman–Crippen MR) is 104 cm³/mol. The molecule has 8 nitrogen and oxygen atoms in total. The van der Waals surface area contributed by atoms with Crippen LogP contribution in [-0.4, -0.2) is 41.7 Å². The Balaban J connectivity index is 1.90. The predicted octanol–water partition coefficient (Wildman–Crippen LogP) is 2.41. The molecule has 0 spiro atoms. The number of benzene rings is 2. The number of nitrogens with one attached hydrogen (secondary N) is 2. The fourth-order valence-electron chi connectivity index (χ4n) is 2.57. The molecule has 0 aromatic heterocycles. The molecule has 9 heteroatoms. The lowest BCUT2D eigenvalue weighted by molar-refractivity contribution is 0.102. The fraction of sp³-hybridized carbons (Fsp3) is 0.316. The summed E-state index contributed by atoms with van der Waals surface area (Å²) in [6, 6.07) is 9.05. The standard InChI is InChI=1S/C19H22N2O6S/c1-25-14-8-12(9-15(10-14)26-2)19(22)20-17-11-16(6-7-18(17)27-3)28(23,24)21-13-4-5-13/h6-11,13,21H,4-5H2,1-3H3,(H,20,22). The van der Waals surface area contributed by atoms with Crippen molar-refractivity contribution < 1.29 is 27.4 Å². The van der Waals surface area contributed by atoms with Crippen molar-refractivity contribution in [2.45, 2.75) is 23.8 Å². The Labute approximate surface area is 163 Å². The number of anilines is 1. The summed E-state index contributed by atoms with van der Waals surface area (Å²) in [6.45, 7) is 0. The number of hydrogen-bond donors (Lipinski definition) is 2. The third kappa shape index (κ3) is 4.55. The number of amides is 1. The number of rotatable bonds is 8. The third-order valence-electron chi connectivity index (χ3n) is 4.24. The summed E-state index contributed by atoms with van der Waals surface area (Å²) in [5.74, 6) is 0.802. The first-order valence-electron chi connectivity index (χ1n) is 8.61. The van der Waals surface area contributed by atoms with Gasteiger partial charge in [0.1, 0.15) is 17.2 Å². The molecule has 3 rings (SSSR count). The number of ether oxygens (including phenoxy) is 3. The monoisotopic (exact) mass is 406 g/mol. The second-order valence-corrected chi connectivity index (χ2v) is 8.03. The molecule has 1 aliphatic rings. The molecular formula is C19H22N2O6S. The molecule has 0 bridgehead atoms. The first-order valence-corrected chi connectivity index (χ1v) is 10.1. The summed E-state index contributed by atoms with van der Waals surface area (Å²) in [5.41, 5.74) is 0.538. The zero-order chi connectivity index (χ0) is 20.3. The molecule has 150 valence electrons. The van der Waals surface area contributed by atoms with E-state index in [0.29, 0.717) is 22.8 Å². The van der Waals surface area contributed by atoms with Gasteiger partial charge in [-0.25, -0.2) is 13.1 Å². The second kappa shape index (κ2) is 8.07. The van der Waals surface area contributed by atoms with Crippen LogP contribution in [-0.2, 0) is 10.0 Å². The van der Waals surface area contributed by atoms with Crippen molar-refractivity contribution in [3.63, 3.8) is 0 Å². The minimum Gasteiger partial charge on any atom is -0.497 e. The third-order valence-corrected chi connectivity index (χ3v) is 5.76. The molecule has 0 radical (unpaired) electrons. The summed E-state index contributed by atoms with van der Waals surface area (Å²) in [6.07, 6.45) is 1.66. The van der Waals surface area contributed by atoms with Gasteiger partial charge in [-0.3, -0.25) is 4.79 Å². The van der Waals surface area contributed by atoms with Crippen molar-refractivity contribution >= 4 is 21.6 Å². The Morgan fingerprint density at radius 1 is 0.964 bits per heavy atom. The normalized spacial score (nSPS) is 13.7. The molecule has 1 aliphatic carbocycles. The van der Waals surface area contributed by atoms with E-state index in [1.54, 1.807) is 18.2 Å². The van der Waals surface area contributed by atoms with Crippen LogP contribution < -0.4 is 24.2 Å². The van der Waals surface area contributed by atoms with Gasteiger partial charge in [0.05, 0.1) is 31.9 Å². The topological polar surface area (TPSA) is 103 Å². The molecule has 2 aromatic rings. The number of hydrogen-bond acceptors (Lipinski definition) is 6. The van der Waals surface area contributed by atoms with Crippen molar-refractivity contribution in [2.75, 3.05) is 26.6 Å². The zero-order valence-electron chi connectivity index (χ0n) is 15.8. The smallest absolute Gasteiger partial charge is 0.256 e. The van der Waals surface area contributed by atoms with Gasteiger partial charge in [0.2, 0.25) is 10.0 Å². The maximum atomic E-state index is 12.7. The van der Waals surface area contributed by atoms with Crippen LogP contribution in [0.2, 0.25) is 0 Å². The molecule has 2 aromatic carbocycles. The summed E-state index contributed by atoms with van der Waals surface area (Å²) >= 11 is 0. The van der Waals surface area contributed by atoms with Crippen LogP contribution in [0.25, 0.3) is 0 Å². The van der Waals surface area contributed by atoms with Crippen molar-refractivity contribution in [3.8, 4) is 17.2 Å². The maximum absolute atomic E-state index is 12.7. The molecule has 0 unspecified atom stereocenters. The molecule has 0 atom stereocenters. The largest absolute Gasteiger partial charge is 0.497 e. The highest BCUT2D eigenvalue weighted by atomic mass is 32.2. The van der Waals surface area contributed by atoms with Crippen LogP contribution in [0.3, 0.4) is 0 Å². The molecular weight excluding hydrogens is 384 g/mol. The van der Waals surface area contributed by atoms with E-state index in [2.05, 4.69) is 10.0 Å². The van der Waals surface area contributed by atoms with E-state index in [0.717, 1.165) is 12.8 Å². The first-order chi connectivity index (χ1) is 13.4. The molecule has 2 N–H and O–H groups in total. The molecule has 1 saturated carbocycles. The van der Waals surface area contributed by atoms with Gasteiger partial charge in [0.15, 0.2) is 0 Å². The Bertz CT molecular complexity index is 964. The van der Waals surface area contributed by atoms with Gasteiger partial charge in [0, 0.05) is 17.7 Å². The van der Waals surface area contributed by atoms with E-state index < -0.39 is 15.9 Å². The van der Waals surface area contributed by atoms with Crippen LogP contribution in [0, 0.1) is 0 Å². The molecule has 1 fully saturated rings. The average molecular weight is 406 g/mol. The van der Waals surface area contributed by atoms with Gasteiger partial charge in [-0.1, -0.05) is 0 Å². The lowest BCUT2D eigenvalue weighted by atomic mass is 10.1. The van der Waals surface area contributed by atoms with Crippen LogP contribution in [0.15, 0.2) is 41.3 Å². The average Bonchev–Trinajstić information content (AvgIpc) is 3.50. The van der Waals surface area contributed by atoms with Gasteiger partial charge in [0.25, 0.3) is 5.91 Å².